The van der Waals surface area contributed by atoms with Crippen LogP contribution in [0.4, 0.5) is 0 Å². The summed E-state index contributed by atoms with van der Waals surface area (Å²) in [7, 11) is 0. The second kappa shape index (κ2) is 1.55. The molecule has 0 amide bonds. The lowest BCUT2D eigenvalue weighted by Crippen LogP contribution is -2.04. The van der Waals surface area contributed by atoms with Gasteiger partial charge in [-0.15, -0.1) is 5.10 Å². The third-order valence-electron chi connectivity index (χ3n) is 1.18. The van der Waals surface area contributed by atoms with E-state index in [4.69, 9.17) is 4.42 Å². The summed E-state index contributed by atoms with van der Waals surface area (Å²) in [5.41, 5.74) is 0.650. The van der Waals surface area contributed by atoms with Crippen LogP contribution >= 0.6 is 0 Å². The minimum atomic E-state index is 0.650. The smallest absolute Gasteiger partial charge is 0.291 e. The third kappa shape index (κ3) is 0.579. The number of hydrogen-bond acceptors (Lipinski definition) is 2. The Labute approximate surface area is 51.3 Å². The lowest BCUT2D eigenvalue weighted by molar-refractivity contribution is -0.452. The van der Waals surface area contributed by atoms with E-state index < -0.39 is 0 Å². The number of aromatic amines is 1. The summed E-state index contributed by atoms with van der Waals surface area (Å²) in [6.45, 7) is 0. The molecular weight excluding hydrogens is 116 g/mol. The van der Waals surface area contributed by atoms with Crippen LogP contribution in [0.3, 0.4) is 0 Å². The van der Waals surface area contributed by atoms with Gasteiger partial charge in [-0.3, -0.25) is 0 Å². The Bertz CT molecular complexity index is 285. The number of nitrogens with one attached hydrogen (secondary N) is 1. The molecule has 0 unspecified atom stereocenters. The number of nitrogens with zero attached hydrogens (tertiary/aromatic N) is 1. The van der Waals surface area contributed by atoms with Gasteiger partial charge in [0.15, 0.2) is 6.20 Å². The van der Waals surface area contributed by atoms with Gasteiger partial charge in [-0.05, 0) is 6.07 Å². The quantitative estimate of drug-likeness (QED) is 0.513. The molecule has 0 aliphatic heterocycles. The number of furan rings is 1. The SMILES string of the molecule is c1cc2ccoc2n[nH+]1. The van der Waals surface area contributed by atoms with Crippen molar-refractivity contribution in [3.63, 3.8) is 0 Å². The summed E-state index contributed by atoms with van der Waals surface area (Å²) >= 11 is 0. The molecule has 0 bridgehead atoms. The molecule has 2 aromatic rings. The maximum atomic E-state index is 4.98. The van der Waals surface area contributed by atoms with Gasteiger partial charge >= 0.3 is 0 Å². The fourth-order valence-electron chi connectivity index (χ4n) is 0.752. The van der Waals surface area contributed by atoms with Crippen LogP contribution in [-0.4, -0.2) is 5.10 Å². The number of fused-ring (bicyclic) bond motifs is 1. The normalized spacial score (nSPS) is 10.2. The molecule has 2 aromatic heterocycles. The average Bonchev–Trinajstić information content (AvgIpc) is 2.33. The molecule has 0 saturated carbocycles. The highest BCUT2D eigenvalue weighted by molar-refractivity contribution is 5.70. The van der Waals surface area contributed by atoms with Crippen molar-refractivity contribution in [2.45, 2.75) is 0 Å². The highest BCUT2D eigenvalue weighted by Crippen LogP contribution is 2.07. The lowest BCUT2D eigenvalue weighted by Gasteiger charge is -1.73. The van der Waals surface area contributed by atoms with E-state index in [2.05, 4.69) is 10.2 Å². The first kappa shape index (κ1) is 4.49. The number of hydrogen-bond donors (Lipinski definition) is 0. The maximum Gasteiger partial charge on any atom is 0.291 e. The van der Waals surface area contributed by atoms with Crippen molar-refractivity contribution in [1.29, 1.82) is 0 Å². The van der Waals surface area contributed by atoms with Crippen LogP contribution < -0.4 is 5.10 Å². The first-order chi connectivity index (χ1) is 4.47. The van der Waals surface area contributed by atoms with E-state index >= 15 is 0 Å². The molecule has 3 heteroatoms. The molecule has 2 heterocycles. The summed E-state index contributed by atoms with van der Waals surface area (Å²) in [4.78, 5) is 0. The molecule has 0 atom stereocenters. The van der Waals surface area contributed by atoms with Crippen molar-refractivity contribution in [1.82, 2.24) is 5.10 Å². The molecule has 44 valence electrons. The number of aromatic nitrogens is 2. The van der Waals surface area contributed by atoms with Gasteiger partial charge in [0.05, 0.1) is 11.6 Å². The second-order valence-electron chi connectivity index (χ2n) is 1.76. The largest absolute Gasteiger partial charge is 0.442 e. The van der Waals surface area contributed by atoms with Crippen molar-refractivity contribution in [2.75, 3.05) is 0 Å². The summed E-state index contributed by atoms with van der Waals surface area (Å²) in [6.07, 6.45) is 3.38. The van der Waals surface area contributed by atoms with Crippen molar-refractivity contribution in [3.05, 3.63) is 24.6 Å². The van der Waals surface area contributed by atoms with Crippen LogP contribution in [-0.2, 0) is 0 Å². The predicted molar refractivity (Wildman–Crippen MR) is 30.6 cm³/mol. The van der Waals surface area contributed by atoms with Gasteiger partial charge in [0.2, 0.25) is 0 Å². The van der Waals surface area contributed by atoms with Crippen molar-refractivity contribution in [2.24, 2.45) is 0 Å². The zero-order valence-corrected chi connectivity index (χ0v) is 4.66. The fraction of sp³-hybridized carbons (Fsp3) is 0. The predicted octanol–water partition coefficient (Wildman–Crippen LogP) is 0.642. The van der Waals surface area contributed by atoms with Crippen LogP contribution in [0.2, 0.25) is 0 Å². The summed E-state index contributed by atoms with van der Waals surface area (Å²) in [6, 6.07) is 3.78. The van der Waals surface area contributed by atoms with Gasteiger partial charge in [-0.1, -0.05) is 0 Å². The van der Waals surface area contributed by atoms with Crippen LogP contribution in [0.1, 0.15) is 0 Å². The second-order valence-corrected chi connectivity index (χ2v) is 1.76. The molecule has 2 rings (SSSR count). The minimum Gasteiger partial charge on any atom is -0.442 e. The lowest BCUT2D eigenvalue weighted by atomic mass is 10.4. The Hall–Kier alpha value is -1.38. The Morgan fingerprint density at radius 3 is 3.33 bits per heavy atom. The summed E-state index contributed by atoms with van der Waals surface area (Å²) < 4.78 is 4.98. The zero-order chi connectivity index (χ0) is 6.10. The molecule has 0 aliphatic carbocycles. The van der Waals surface area contributed by atoms with Gasteiger partial charge in [-0.2, -0.15) is 0 Å². The van der Waals surface area contributed by atoms with E-state index in [-0.39, 0.29) is 0 Å². The monoisotopic (exact) mass is 121 g/mol. The average molecular weight is 121 g/mol. The molecule has 0 fully saturated rings. The Morgan fingerprint density at radius 1 is 1.44 bits per heavy atom. The summed E-state index contributed by atoms with van der Waals surface area (Å²) in [5.74, 6) is 0. The molecule has 0 spiro atoms. The molecule has 0 aliphatic rings. The molecule has 3 nitrogen and oxygen atoms in total. The number of H-pyrrole nitrogens is 1. The summed E-state index contributed by atoms with van der Waals surface area (Å²) in [5, 5.41) is 7.55. The zero-order valence-electron chi connectivity index (χ0n) is 4.66. The standard InChI is InChI=1S/C6H4N2O/c1-3-7-8-6-5(1)2-4-9-6/h1-4H/p+1. The number of rotatable bonds is 0. The van der Waals surface area contributed by atoms with E-state index in [1.807, 2.05) is 12.1 Å². The van der Waals surface area contributed by atoms with Gasteiger partial charge in [0.1, 0.15) is 0 Å². The van der Waals surface area contributed by atoms with Crippen molar-refractivity contribution in [3.8, 4) is 0 Å². The molecular formula is C6H5N2O+. The Kier molecular flexibility index (Phi) is 0.773. The highest BCUT2D eigenvalue weighted by Gasteiger charge is 1.96. The van der Waals surface area contributed by atoms with Crippen LogP contribution in [0.25, 0.3) is 11.1 Å². The van der Waals surface area contributed by atoms with Gasteiger partial charge < -0.3 is 4.42 Å². The van der Waals surface area contributed by atoms with Crippen molar-refractivity contribution >= 4 is 11.1 Å². The maximum absolute atomic E-state index is 4.98. The van der Waals surface area contributed by atoms with Gasteiger partial charge in [0, 0.05) is 11.2 Å². The van der Waals surface area contributed by atoms with Gasteiger partial charge in [0.25, 0.3) is 5.71 Å². The van der Waals surface area contributed by atoms with E-state index in [1.165, 1.54) is 0 Å². The topological polar surface area (TPSA) is 40.2 Å². The van der Waals surface area contributed by atoms with Gasteiger partial charge in [-0.25, -0.2) is 0 Å². The molecule has 0 aromatic carbocycles. The highest BCUT2D eigenvalue weighted by atomic mass is 16.3. The first-order valence-electron chi connectivity index (χ1n) is 2.67. The Morgan fingerprint density at radius 2 is 2.44 bits per heavy atom. The first-order valence-corrected chi connectivity index (χ1v) is 2.67. The molecule has 1 N–H and O–H groups in total. The van der Waals surface area contributed by atoms with Crippen LogP contribution in [0.5, 0.6) is 0 Å². The molecule has 0 saturated heterocycles. The van der Waals surface area contributed by atoms with E-state index in [9.17, 15) is 0 Å². The van der Waals surface area contributed by atoms with E-state index in [1.54, 1.807) is 12.5 Å². The molecule has 0 radical (unpaired) electrons. The Balaban J connectivity index is 2.95. The third-order valence-corrected chi connectivity index (χ3v) is 1.18. The van der Waals surface area contributed by atoms with E-state index in [0.29, 0.717) is 5.71 Å². The minimum absolute atomic E-state index is 0.650. The van der Waals surface area contributed by atoms with Crippen molar-refractivity contribution < 1.29 is 9.52 Å². The van der Waals surface area contributed by atoms with Crippen LogP contribution in [0, 0.1) is 0 Å². The fourth-order valence-corrected chi connectivity index (χ4v) is 0.752. The van der Waals surface area contributed by atoms with Crippen LogP contribution in [0.15, 0.2) is 29.0 Å². The molecule has 9 heavy (non-hydrogen) atoms. The van der Waals surface area contributed by atoms with E-state index in [0.717, 1.165) is 5.39 Å².